The van der Waals surface area contributed by atoms with Gasteiger partial charge in [0.1, 0.15) is 5.82 Å². The van der Waals surface area contributed by atoms with E-state index in [1.165, 1.54) is 0 Å². The van der Waals surface area contributed by atoms with Gasteiger partial charge in [-0.25, -0.2) is 9.78 Å². The van der Waals surface area contributed by atoms with Crippen LogP contribution in [0, 0.1) is 6.92 Å². The number of benzene rings is 2. The van der Waals surface area contributed by atoms with E-state index in [2.05, 4.69) is 60.4 Å². The van der Waals surface area contributed by atoms with Gasteiger partial charge in [0.25, 0.3) is 0 Å². The zero-order valence-corrected chi connectivity index (χ0v) is 25.3. The molecule has 1 atom stereocenters. The number of amides is 3. The number of anilines is 1. The number of pyridine rings is 1. The summed E-state index contributed by atoms with van der Waals surface area (Å²) in [6.07, 6.45) is 11.4. The van der Waals surface area contributed by atoms with Gasteiger partial charge in [0, 0.05) is 61.5 Å². The van der Waals surface area contributed by atoms with Crippen LogP contribution in [-0.4, -0.2) is 72.1 Å². The Morgan fingerprint density at radius 3 is 2.78 bits per heavy atom. The minimum Gasteiger partial charge on any atom is -0.345 e. The molecule has 0 bridgehead atoms. The average molecular weight is 604 g/mol. The average Bonchev–Trinajstić information content (AvgIpc) is 3.71. The Balaban J connectivity index is 1.03. The molecular formula is C34H37N9O2. The van der Waals surface area contributed by atoms with Gasteiger partial charge >= 0.3 is 6.03 Å². The lowest BCUT2D eigenvalue weighted by Gasteiger charge is -2.40. The van der Waals surface area contributed by atoms with E-state index in [-0.39, 0.29) is 24.0 Å². The van der Waals surface area contributed by atoms with Crippen molar-refractivity contribution in [3.63, 3.8) is 0 Å². The molecule has 3 amide bonds. The van der Waals surface area contributed by atoms with Crippen LogP contribution >= 0.6 is 0 Å². The zero-order chi connectivity index (χ0) is 30.8. The fourth-order valence-corrected chi connectivity index (χ4v) is 6.68. The monoisotopic (exact) mass is 603 g/mol. The van der Waals surface area contributed by atoms with Crippen molar-refractivity contribution in [2.45, 2.75) is 51.4 Å². The fourth-order valence-electron chi connectivity index (χ4n) is 6.68. The number of nitrogens with zero attached hydrogens (tertiary/aromatic N) is 6. The number of nitrogens with one attached hydrogen (secondary N) is 3. The van der Waals surface area contributed by atoms with E-state index in [4.69, 9.17) is 4.98 Å². The van der Waals surface area contributed by atoms with E-state index in [0.29, 0.717) is 26.1 Å². The van der Waals surface area contributed by atoms with Gasteiger partial charge in [-0.1, -0.05) is 30.3 Å². The summed E-state index contributed by atoms with van der Waals surface area (Å²) in [6.45, 7) is 5.08. The molecule has 2 aliphatic rings. The summed E-state index contributed by atoms with van der Waals surface area (Å²) in [4.78, 5) is 39.5. The molecule has 230 valence electrons. The lowest BCUT2D eigenvalue weighted by molar-refractivity contribution is -0.123. The zero-order valence-electron chi connectivity index (χ0n) is 25.3. The van der Waals surface area contributed by atoms with Crippen molar-refractivity contribution in [1.29, 1.82) is 0 Å². The lowest BCUT2D eigenvalue weighted by Crippen LogP contribution is -2.51. The molecule has 0 radical (unpaired) electrons. The molecule has 11 heteroatoms. The molecule has 2 aliphatic heterocycles. The summed E-state index contributed by atoms with van der Waals surface area (Å²) in [5.74, 6) is 0.757. The predicted octanol–water partition coefficient (Wildman–Crippen LogP) is 4.42. The van der Waals surface area contributed by atoms with Crippen LogP contribution in [0.1, 0.15) is 47.0 Å². The summed E-state index contributed by atoms with van der Waals surface area (Å²) in [7, 11) is 0. The number of rotatable bonds is 9. The number of aryl methyl sites for hydroxylation is 1. The van der Waals surface area contributed by atoms with Gasteiger partial charge in [0.05, 0.1) is 30.8 Å². The Morgan fingerprint density at radius 1 is 1.07 bits per heavy atom. The maximum Gasteiger partial charge on any atom is 0.322 e. The Hall–Kier alpha value is -5.03. The third-order valence-electron chi connectivity index (χ3n) is 8.94. The molecule has 1 saturated heterocycles. The molecule has 11 nitrogen and oxygen atoms in total. The SMILES string of the molecule is Cc1cc(CC(NC(=O)CN2CCC(N3Cc4ccccc4NC3=O)CC2)c2nccn2Cc2cccnc2)cc2cn[nH]c12. The van der Waals surface area contributed by atoms with Gasteiger partial charge in [0.2, 0.25) is 5.91 Å². The maximum atomic E-state index is 13.6. The van der Waals surface area contributed by atoms with Crippen LogP contribution in [0.3, 0.4) is 0 Å². The third kappa shape index (κ3) is 6.30. The number of hydrogen-bond donors (Lipinski definition) is 3. The first-order valence-corrected chi connectivity index (χ1v) is 15.5. The van der Waals surface area contributed by atoms with Crippen molar-refractivity contribution < 1.29 is 9.59 Å². The lowest BCUT2D eigenvalue weighted by atomic mass is 10.00. The number of urea groups is 1. The van der Waals surface area contributed by atoms with Gasteiger partial charge < -0.3 is 20.1 Å². The smallest absolute Gasteiger partial charge is 0.322 e. The Bertz CT molecular complexity index is 1810. The van der Waals surface area contributed by atoms with E-state index < -0.39 is 0 Å². The molecule has 1 unspecified atom stereocenters. The van der Waals surface area contributed by atoms with Gasteiger partial charge in [-0.05, 0) is 66.6 Å². The number of piperidine rings is 1. The molecule has 0 spiro atoms. The largest absolute Gasteiger partial charge is 0.345 e. The first kappa shape index (κ1) is 28.7. The van der Waals surface area contributed by atoms with Crippen LogP contribution in [0.2, 0.25) is 0 Å². The normalized spacial score (nSPS) is 16.4. The number of aromatic amines is 1. The highest BCUT2D eigenvalue weighted by atomic mass is 16.2. The Labute approximate surface area is 261 Å². The second-order valence-electron chi connectivity index (χ2n) is 12.1. The van der Waals surface area contributed by atoms with Crippen molar-refractivity contribution in [3.05, 3.63) is 108 Å². The van der Waals surface area contributed by atoms with Gasteiger partial charge in [-0.3, -0.25) is 19.8 Å². The first-order valence-electron chi connectivity index (χ1n) is 15.5. The van der Waals surface area contributed by atoms with Gasteiger partial charge in [-0.2, -0.15) is 5.10 Å². The van der Waals surface area contributed by atoms with Crippen molar-refractivity contribution in [1.82, 2.24) is 39.8 Å². The van der Waals surface area contributed by atoms with E-state index in [1.807, 2.05) is 53.8 Å². The van der Waals surface area contributed by atoms with Crippen molar-refractivity contribution in [2.24, 2.45) is 0 Å². The number of para-hydroxylation sites is 1. The quantitative estimate of drug-likeness (QED) is 0.229. The molecule has 45 heavy (non-hydrogen) atoms. The number of H-pyrrole nitrogens is 1. The molecule has 2 aromatic carbocycles. The number of fused-ring (bicyclic) bond motifs is 2. The Kier molecular flexibility index (Phi) is 8.00. The van der Waals surface area contributed by atoms with Crippen LogP contribution in [0.5, 0.6) is 0 Å². The summed E-state index contributed by atoms with van der Waals surface area (Å²) >= 11 is 0. The molecule has 0 saturated carbocycles. The van der Waals surface area contributed by atoms with Crippen LogP contribution in [-0.2, 0) is 24.3 Å². The number of aromatic nitrogens is 5. The fraction of sp³-hybridized carbons (Fsp3) is 0.324. The molecule has 5 aromatic rings. The molecule has 5 heterocycles. The van der Waals surface area contributed by atoms with E-state index in [9.17, 15) is 9.59 Å². The maximum absolute atomic E-state index is 13.6. The second-order valence-corrected chi connectivity index (χ2v) is 12.1. The Morgan fingerprint density at radius 2 is 1.93 bits per heavy atom. The summed E-state index contributed by atoms with van der Waals surface area (Å²) in [5, 5.41) is 14.7. The molecular weight excluding hydrogens is 566 g/mol. The standard InChI is InChI=1S/C34H37N9O2/c1-23-15-25(16-27-19-37-40-32(23)27)17-30(33-36-11-14-42(33)20-24-5-4-10-35-18-24)38-31(44)22-41-12-8-28(9-13-41)43-21-26-6-2-3-7-29(26)39-34(43)45/h2-7,10-11,14-16,18-19,28,30H,8-9,12-13,17,20-22H2,1H3,(H,37,40)(H,38,44)(H,39,45). The highest BCUT2D eigenvalue weighted by Crippen LogP contribution is 2.28. The predicted molar refractivity (Wildman–Crippen MR) is 171 cm³/mol. The summed E-state index contributed by atoms with van der Waals surface area (Å²) in [5.41, 5.74) is 6.32. The highest BCUT2D eigenvalue weighted by molar-refractivity contribution is 5.92. The second kappa shape index (κ2) is 12.5. The molecule has 1 fully saturated rings. The number of imidazole rings is 1. The molecule has 0 aliphatic carbocycles. The van der Waals surface area contributed by atoms with Crippen LogP contribution in [0.4, 0.5) is 10.5 Å². The number of likely N-dealkylation sites (tertiary alicyclic amines) is 1. The highest BCUT2D eigenvalue weighted by Gasteiger charge is 2.32. The van der Waals surface area contributed by atoms with Crippen molar-refractivity contribution >= 4 is 28.5 Å². The minimum absolute atomic E-state index is 0.0415. The summed E-state index contributed by atoms with van der Waals surface area (Å²) < 4.78 is 2.08. The van der Waals surface area contributed by atoms with Gasteiger partial charge in [-0.15, -0.1) is 0 Å². The molecule has 3 aromatic heterocycles. The topological polar surface area (TPSA) is 124 Å². The number of hydrogen-bond acceptors (Lipinski definition) is 6. The van der Waals surface area contributed by atoms with E-state index in [0.717, 1.165) is 70.6 Å². The summed E-state index contributed by atoms with van der Waals surface area (Å²) in [6, 6.07) is 16.0. The van der Waals surface area contributed by atoms with Gasteiger partial charge in [0.15, 0.2) is 0 Å². The van der Waals surface area contributed by atoms with Crippen molar-refractivity contribution in [3.8, 4) is 0 Å². The van der Waals surface area contributed by atoms with Crippen LogP contribution < -0.4 is 10.6 Å². The minimum atomic E-state index is -0.331. The molecule has 3 N–H and O–H groups in total. The van der Waals surface area contributed by atoms with E-state index >= 15 is 0 Å². The molecule has 7 rings (SSSR count). The van der Waals surface area contributed by atoms with Crippen molar-refractivity contribution in [2.75, 3.05) is 25.0 Å². The number of carbonyl (C=O) groups is 2. The first-order chi connectivity index (χ1) is 22.0. The third-order valence-corrected chi connectivity index (χ3v) is 8.94. The van der Waals surface area contributed by atoms with E-state index in [1.54, 1.807) is 12.4 Å². The van der Waals surface area contributed by atoms with Crippen LogP contribution in [0.25, 0.3) is 10.9 Å². The van der Waals surface area contributed by atoms with Crippen LogP contribution in [0.15, 0.2) is 79.5 Å². The number of carbonyl (C=O) groups excluding carboxylic acids is 2.